The molecular formula is C14H22F3N4O2S2+. The van der Waals surface area contributed by atoms with Gasteiger partial charge < -0.3 is 15.1 Å². The maximum Gasteiger partial charge on any atom is 0.406 e. The third-order valence-electron chi connectivity index (χ3n) is 3.18. The molecule has 0 saturated heterocycles. The van der Waals surface area contributed by atoms with Gasteiger partial charge in [0.2, 0.25) is 10.0 Å². The molecule has 0 saturated carbocycles. The van der Waals surface area contributed by atoms with Crippen molar-refractivity contribution in [2.75, 3.05) is 33.7 Å². The third kappa shape index (κ3) is 8.47. The fourth-order valence-electron chi connectivity index (χ4n) is 1.95. The van der Waals surface area contributed by atoms with Crippen LogP contribution in [0.4, 0.5) is 13.2 Å². The Morgan fingerprint density at radius 3 is 2.28 bits per heavy atom. The smallest absolute Gasteiger partial charge is 0.357 e. The van der Waals surface area contributed by atoms with Gasteiger partial charge in [0.25, 0.3) is 0 Å². The minimum Gasteiger partial charge on any atom is -0.357 e. The zero-order valence-electron chi connectivity index (χ0n) is 13.9. The van der Waals surface area contributed by atoms with Gasteiger partial charge in [0.05, 0.1) is 32.1 Å². The lowest BCUT2D eigenvalue weighted by atomic mass is 10.2. The Kier molecular flexibility index (Phi) is 7.60. The molecule has 4 N–H and O–H groups in total. The topological polar surface area (TPSA) is 79.9 Å². The SMILES string of the molecule is C[NH+](C)CCNC(=S)N(Cc1ccc(S(N)(=O)=O)cc1)CC(F)(F)F. The summed E-state index contributed by atoms with van der Waals surface area (Å²) in [5.41, 5.74) is 0.485. The largest absolute Gasteiger partial charge is 0.406 e. The molecule has 0 atom stereocenters. The number of halogens is 3. The van der Waals surface area contributed by atoms with Crippen molar-refractivity contribution in [1.29, 1.82) is 0 Å². The van der Waals surface area contributed by atoms with Crippen LogP contribution in [0.15, 0.2) is 29.2 Å². The van der Waals surface area contributed by atoms with Crippen LogP contribution in [-0.2, 0) is 16.6 Å². The highest BCUT2D eigenvalue weighted by Gasteiger charge is 2.32. The van der Waals surface area contributed by atoms with Crippen molar-refractivity contribution < 1.29 is 26.5 Å². The molecule has 0 aliphatic rings. The molecule has 0 aromatic heterocycles. The summed E-state index contributed by atoms with van der Waals surface area (Å²) in [5, 5.41) is 7.81. The van der Waals surface area contributed by atoms with Crippen molar-refractivity contribution in [2.45, 2.75) is 17.6 Å². The van der Waals surface area contributed by atoms with Crippen molar-refractivity contribution in [3.05, 3.63) is 29.8 Å². The first kappa shape index (κ1) is 21.6. The fourth-order valence-corrected chi connectivity index (χ4v) is 2.70. The van der Waals surface area contributed by atoms with Crippen molar-refractivity contribution >= 4 is 27.4 Å². The Labute approximate surface area is 150 Å². The molecule has 1 rings (SSSR count). The molecule has 11 heteroatoms. The van der Waals surface area contributed by atoms with Crippen LogP contribution in [-0.4, -0.2) is 58.3 Å². The minimum atomic E-state index is -4.42. The Hall–Kier alpha value is -1.43. The number of hydrogen-bond donors (Lipinski definition) is 3. The summed E-state index contributed by atoms with van der Waals surface area (Å²) in [4.78, 5) is 2.02. The number of likely N-dealkylation sites (N-methyl/N-ethyl adjacent to an activating group) is 1. The molecule has 0 heterocycles. The standard InChI is InChI=1S/C14H21F3N4O2S2/c1-20(2)8-7-19-13(24)21(10-14(15,16)17)9-11-3-5-12(6-4-11)25(18,22)23/h3-6H,7-10H2,1-2H3,(H,19,24)(H2,18,22,23)/p+1. The Morgan fingerprint density at radius 1 is 1.28 bits per heavy atom. The molecule has 0 amide bonds. The number of nitrogens with one attached hydrogen (secondary N) is 2. The van der Waals surface area contributed by atoms with E-state index in [0.717, 1.165) is 9.80 Å². The first-order valence-electron chi connectivity index (χ1n) is 7.39. The van der Waals surface area contributed by atoms with Crippen LogP contribution in [0.5, 0.6) is 0 Å². The number of primary sulfonamides is 1. The molecule has 1 aromatic rings. The lowest BCUT2D eigenvalue weighted by Gasteiger charge is -2.27. The average Bonchev–Trinajstić information content (AvgIpc) is 2.44. The highest BCUT2D eigenvalue weighted by molar-refractivity contribution is 7.89. The summed E-state index contributed by atoms with van der Waals surface area (Å²) in [6, 6.07) is 5.33. The zero-order chi connectivity index (χ0) is 19.3. The molecule has 0 aliphatic carbocycles. The van der Waals surface area contributed by atoms with Crippen LogP contribution < -0.4 is 15.4 Å². The van der Waals surface area contributed by atoms with E-state index >= 15 is 0 Å². The number of benzene rings is 1. The summed E-state index contributed by atoms with van der Waals surface area (Å²) in [6.45, 7) is -0.168. The predicted molar refractivity (Wildman–Crippen MR) is 92.6 cm³/mol. The molecule has 0 aliphatic heterocycles. The van der Waals surface area contributed by atoms with Crippen LogP contribution >= 0.6 is 12.2 Å². The lowest BCUT2D eigenvalue weighted by Crippen LogP contribution is -3.06. The van der Waals surface area contributed by atoms with Crippen molar-refractivity contribution in [3.8, 4) is 0 Å². The number of quaternary nitrogens is 1. The van der Waals surface area contributed by atoms with Crippen LogP contribution in [0.1, 0.15) is 5.56 Å². The van der Waals surface area contributed by atoms with Crippen LogP contribution in [0.2, 0.25) is 0 Å². The van der Waals surface area contributed by atoms with E-state index in [0.29, 0.717) is 18.7 Å². The summed E-state index contributed by atoms with van der Waals surface area (Å²) in [6.07, 6.45) is -4.42. The van der Waals surface area contributed by atoms with E-state index in [9.17, 15) is 21.6 Å². The lowest BCUT2D eigenvalue weighted by molar-refractivity contribution is -0.856. The van der Waals surface area contributed by atoms with Gasteiger partial charge in [-0.25, -0.2) is 13.6 Å². The Morgan fingerprint density at radius 2 is 1.84 bits per heavy atom. The van der Waals surface area contributed by atoms with E-state index in [4.69, 9.17) is 17.4 Å². The minimum absolute atomic E-state index is 0.00546. The van der Waals surface area contributed by atoms with E-state index < -0.39 is 22.7 Å². The fraction of sp³-hybridized carbons (Fsp3) is 0.500. The first-order valence-corrected chi connectivity index (χ1v) is 9.34. The first-order chi connectivity index (χ1) is 11.4. The summed E-state index contributed by atoms with van der Waals surface area (Å²) < 4.78 is 60.9. The second kappa shape index (κ2) is 8.79. The van der Waals surface area contributed by atoms with Gasteiger partial charge in [0, 0.05) is 6.54 Å². The molecule has 0 unspecified atom stereocenters. The summed E-state index contributed by atoms with van der Waals surface area (Å²) in [7, 11) is -0.00366. The third-order valence-corrected chi connectivity index (χ3v) is 4.52. The van der Waals surface area contributed by atoms with E-state index in [1.165, 1.54) is 24.3 Å². The molecule has 0 fully saturated rings. The zero-order valence-corrected chi connectivity index (χ0v) is 15.6. The maximum absolute atomic E-state index is 12.8. The molecule has 142 valence electrons. The molecule has 25 heavy (non-hydrogen) atoms. The number of rotatable bonds is 7. The Bertz CT molecular complexity index is 676. The monoisotopic (exact) mass is 399 g/mol. The van der Waals surface area contributed by atoms with Crippen LogP contribution in [0, 0.1) is 0 Å². The van der Waals surface area contributed by atoms with Gasteiger partial charge in [0.1, 0.15) is 6.54 Å². The van der Waals surface area contributed by atoms with Gasteiger partial charge in [-0.15, -0.1) is 0 Å². The van der Waals surface area contributed by atoms with Gasteiger partial charge in [-0.2, -0.15) is 13.2 Å². The second-order valence-corrected chi connectivity index (χ2v) is 7.80. The molecular weight excluding hydrogens is 377 g/mol. The molecule has 0 spiro atoms. The number of nitrogens with zero attached hydrogens (tertiary/aromatic N) is 1. The molecule has 1 aromatic carbocycles. The van der Waals surface area contributed by atoms with E-state index in [1.807, 2.05) is 14.1 Å². The highest BCUT2D eigenvalue weighted by Crippen LogP contribution is 2.19. The van der Waals surface area contributed by atoms with Gasteiger partial charge >= 0.3 is 6.18 Å². The molecule has 6 nitrogen and oxygen atoms in total. The van der Waals surface area contributed by atoms with E-state index in [2.05, 4.69) is 5.32 Å². The Balaban J connectivity index is 2.84. The quantitative estimate of drug-likeness (QED) is 0.550. The van der Waals surface area contributed by atoms with Crippen LogP contribution in [0.3, 0.4) is 0 Å². The average molecular weight is 399 g/mol. The second-order valence-electron chi connectivity index (χ2n) is 5.85. The van der Waals surface area contributed by atoms with Gasteiger partial charge in [0.15, 0.2) is 5.11 Å². The maximum atomic E-state index is 12.8. The van der Waals surface area contributed by atoms with Crippen molar-refractivity contribution in [3.63, 3.8) is 0 Å². The van der Waals surface area contributed by atoms with Gasteiger partial charge in [-0.3, -0.25) is 0 Å². The summed E-state index contributed by atoms with van der Waals surface area (Å²) >= 11 is 5.07. The number of hydrogen-bond acceptors (Lipinski definition) is 3. The van der Waals surface area contributed by atoms with Crippen molar-refractivity contribution in [2.24, 2.45) is 5.14 Å². The summed E-state index contributed by atoms with van der Waals surface area (Å²) in [5.74, 6) is 0. The van der Waals surface area contributed by atoms with E-state index in [1.54, 1.807) is 0 Å². The van der Waals surface area contributed by atoms with Crippen molar-refractivity contribution in [1.82, 2.24) is 10.2 Å². The predicted octanol–water partition coefficient (Wildman–Crippen LogP) is -0.283. The highest BCUT2D eigenvalue weighted by atomic mass is 32.2. The van der Waals surface area contributed by atoms with Gasteiger partial charge in [-0.05, 0) is 29.9 Å². The molecule has 0 radical (unpaired) electrons. The van der Waals surface area contributed by atoms with E-state index in [-0.39, 0.29) is 16.6 Å². The number of nitrogens with two attached hydrogens (primary N) is 1. The number of thiocarbonyl (C=S) groups is 1. The normalized spacial score (nSPS) is 12.3. The number of sulfonamides is 1. The van der Waals surface area contributed by atoms with Gasteiger partial charge in [-0.1, -0.05) is 12.1 Å². The van der Waals surface area contributed by atoms with Crippen LogP contribution in [0.25, 0.3) is 0 Å². The molecule has 0 bridgehead atoms. The number of alkyl halides is 3.